The van der Waals surface area contributed by atoms with Gasteiger partial charge in [0.05, 0.1) is 5.56 Å². The predicted molar refractivity (Wildman–Crippen MR) is 87.7 cm³/mol. The lowest BCUT2D eigenvalue weighted by molar-refractivity contribution is -0.185. The van der Waals surface area contributed by atoms with Crippen molar-refractivity contribution in [3.8, 4) is 5.75 Å². The van der Waals surface area contributed by atoms with Crippen LogP contribution in [-0.2, 0) is 6.11 Å². The summed E-state index contributed by atoms with van der Waals surface area (Å²) < 4.78 is 72.2. The fourth-order valence-electron chi connectivity index (χ4n) is 3.34. The van der Waals surface area contributed by atoms with Crippen LogP contribution in [0.15, 0.2) is 36.4 Å². The summed E-state index contributed by atoms with van der Waals surface area (Å²) in [5.41, 5.74) is 0.561. The van der Waals surface area contributed by atoms with E-state index in [0.29, 0.717) is 24.0 Å². The van der Waals surface area contributed by atoms with Crippen molar-refractivity contribution >= 4 is 0 Å². The van der Waals surface area contributed by atoms with E-state index in [2.05, 4.69) is 11.7 Å². The number of halogens is 5. The summed E-state index contributed by atoms with van der Waals surface area (Å²) in [5.74, 6) is -4.63. The van der Waals surface area contributed by atoms with Crippen LogP contribution in [0.25, 0.3) is 0 Å². The fraction of sp³-hybridized carbons (Fsp3) is 0.400. The Hall–Kier alpha value is -2.11. The van der Waals surface area contributed by atoms with E-state index in [1.165, 1.54) is 12.1 Å². The van der Waals surface area contributed by atoms with Crippen LogP contribution in [0, 0.1) is 23.4 Å². The second-order valence-electron chi connectivity index (χ2n) is 6.90. The highest BCUT2D eigenvalue weighted by Gasteiger charge is 2.35. The SMILES string of the molecule is C[C@H]1CC[C@H](c2ccc(C(F)(F)Oc3cc(F)c(F)c(F)c3)cc2)CC1. The zero-order chi connectivity index (χ0) is 18.9. The molecule has 1 fully saturated rings. The first-order valence-corrected chi connectivity index (χ1v) is 8.58. The van der Waals surface area contributed by atoms with Gasteiger partial charge in [0.1, 0.15) is 5.75 Å². The van der Waals surface area contributed by atoms with Gasteiger partial charge >= 0.3 is 6.11 Å². The lowest BCUT2D eigenvalue weighted by Crippen LogP contribution is -2.22. The zero-order valence-electron chi connectivity index (χ0n) is 14.2. The Kier molecular flexibility index (Phi) is 5.21. The third kappa shape index (κ3) is 4.00. The molecule has 0 atom stereocenters. The molecule has 0 radical (unpaired) electrons. The van der Waals surface area contributed by atoms with Gasteiger partial charge in [-0.15, -0.1) is 0 Å². The third-order valence-electron chi connectivity index (χ3n) is 4.94. The summed E-state index contributed by atoms with van der Waals surface area (Å²) in [6, 6.07) is 6.57. The normalized spacial score (nSPS) is 20.8. The second-order valence-corrected chi connectivity index (χ2v) is 6.90. The molecule has 0 aromatic heterocycles. The van der Waals surface area contributed by atoms with Gasteiger partial charge in [-0.25, -0.2) is 13.2 Å². The van der Waals surface area contributed by atoms with E-state index in [1.807, 2.05) is 0 Å². The minimum absolute atomic E-state index is 0.357. The van der Waals surface area contributed by atoms with E-state index in [-0.39, 0.29) is 0 Å². The van der Waals surface area contributed by atoms with Crippen molar-refractivity contribution in [2.24, 2.45) is 5.92 Å². The molecule has 0 amide bonds. The van der Waals surface area contributed by atoms with Gasteiger partial charge in [0.2, 0.25) is 0 Å². The van der Waals surface area contributed by atoms with Crippen LogP contribution in [0.5, 0.6) is 5.75 Å². The second kappa shape index (κ2) is 7.25. The number of alkyl halides is 2. The van der Waals surface area contributed by atoms with E-state index in [1.54, 1.807) is 12.1 Å². The van der Waals surface area contributed by atoms with Gasteiger partial charge in [-0.05, 0) is 42.4 Å². The molecular weight excluding hydrogens is 351 g/mol. The highest BCUT2D eigenvalue weighted by Crippen LogP contribution is 2.37. The average molecular weight is 370 g/mol. The lowest BCUT2D eigenvalue weighted by Gasteiger charge is -2.27. The van der Waals surface area contributed by atoms with Crippen LogP contribution in [0.1, 0.15) is 49.7 Å². The Balaban J connectivity index is 1.75. The van der Waals surface area contributed by atoms with Gasteiger partial charge in [0, 0.05) is 12.1 Å². The molecule has 1 nitrogen and oxygen atoms in total. The van der Waals surface area contributed by atoms with Crippen molar-refractivity contribution in [1.29, 1.82) is 0 Å². The smallest absolute Gasteiger partial charge is 0.426 e. The highest BCUT2D eigenvalue weighted by atomic mass is 19.3. The number of benzene rings is 2. The summed E-state index contributed by atoms with van der Waals surface area (Å²) in [4.78, 5) is 0. The molecule has 2 aromatic rings. The van der Waals surface area contributed by atoms with Gasteiger partial charge in [-0.3, -0.25) is 0 Å². The van der Waals surface area contributed by atoms with Crippen molar-refractivity contribution in [2.75, 3.05) is 0 Å². The molecule has 0 N–H and O–H groups in total. The third-order valence-corrected chi connectivity index (χ3v) is 4.94. The molecule has 1 aliphatic rings. The van der Waals surface area contributed by atoms with Crippen LogP contribution >= 0.6 is 0 Å². The van der Waals surface area contributed by atoms with E-state index < -0.39 is 34.9 Å². The van der Waals surface area contributed by atoms with Crippen molar-refractivity contribution < 1.29 is 26.7 Å². The summed E-state index contributed by atoms with van der Waals surface area (Å²) in [6.07, 6.45) is 0.500. The first-order valence-electron chi connectivity index (χ1n) is 8.58. The molecule has 1 saturated carbocycles. The van der Waals surface area contributed by atoms with Crippen molar-refractivity contribution in [3.63, 3.8) is 0 Å². The van der Waals surface area contributed by atoms with E-state index in [9.17, 15) is 22.0 Å². The summed E-state index contributed by atoms with van der Waals surface area (Å²) in [7, 11) is 0. The quantitative estimate of drug-likeness (QED) is 0.439. The maximum atomic E-state index is 14.3. The van der Waals surface area contributed by atoms with Crippen LogP contribution in [0.4, 0.5) is 22.0 Å². The zero-order valence-corrected chi connectivity index (χ0v) is 14.2. The number of hydrogen-bond donors (Lipinski definition) is 0. The van der Waals surface area contributed by atoms with Gasteiger partial charge in [0.15, 0.2) is 17.5 Å². The maximum absolute atomic E-state index is 14.3. The monoisotopic (exact) mass is 370 g/mol. The summed E-state index contributed by atoms with van der Waals surface area (Å²) in [5, 5.41) is 0. The Morgan fingerprint density at radius 1 is 0.885 bits per heavy atom. The predicted octanol–water partition coefficient (Wildman–Crippen LogP) is 6.53. The van der Waals surface area contributed by atoms with Crippen LogP contribution in [0.2, 0.25) is 0 Å². The van der Waals surface area contributed by atoms with Gasteiger partial charge in [-0.1, -0.05) is 31.9 Å². The molecule has 0 saturated heterocycles. The maximum Gasteiger partial charge on any atom is 0.426 e. The van der Waals surface area contributed by atoms with E-state index >= 15 is 0 Å². The number of rotatable bonds is 4. The van der Waals surface area contributed by atoms with Crippen molar-refractivity contribution in [2.45, 2.75) is 44.6 Å². The average Bonchev–Trinajstić information content (AvgIpc) is 2.60. The Morgan fingerprint density at radius 3 is 1.96 bits per heavy atom. The molecule has 0 bridgehead atoms. The standard InChI is InChI=1S/C20H19F5O/c1-12-2-4-13(5-3-12)14-6-8-15(9-7-14)20(24,25)26-16-10-17(21)19(23)18(22)11-16/h6-13H,2-5H2,1H3/t12-,13-. The minimum atomic E-state index is -3.80. The first-order chi connectivity index (χ1) is 12.3. The van der Waals surface area contributed by atoms with Crippen molar-refractivity contribution in [3.05, 3.63) is 65.0 Å². The molecule has 140 valence electrons. The molecular formula is C20H19F5O. The molecule has 6 heteroatoms. The summed E-state index contributed by atoms with van der Waals surface area (Å²) >= 11 is 0. The van der Waals surface area contributed by atoms with E-state index in [0.717, 1.165) is 31.2 Å². The van der Waals surface area contributed by atoms with Gasteiger partial charge < -0.3 is 4.74 Å². The molecule has 26 heavy (non-hydrogen) atoms. The Labute approximate surface area is 148 Å². The Morgan fingerprint density at radius 2 is 1.42 bits per heavy atom. The van der Waals surface area contributed by atoms with Crippen LogP contribution in [0.3, 0.4) is 0 Å². The number of ether oxygens (including phenoxy) is 1. The van der Waals surface area contributed by atoms with Crippen LogP contribution in [-0.4, -0.2) is 0 Å². The van der Waals surface area contributed by atoms with Gasteiger partial charge in [-0.2, -0.15) is 8.78 Å². The first kappa shape index (κ1) is 18.7. The van der Waals surface area contributed by atoms with E-state index in [4.69, 9.17) is 0 Å². The molecule has 0 unspecified atom stereocenters. The molecule has 1 aliphatic carbocycles. The molecule has 0 heterocycles. The number of hydrogen-bond acceptors (Lipinski definition) is 1. The lowest BCUT2D eigenvalue weighted by atomic mass is 9.79. The molecule has 3 rings (SSSR count). The molecule has 0 spiro atoms. The highest BCUT2D eigenvalue weighted by molar-refractivity contribution is 5.30. The summed E-state index contributed by atoms with van der Waals surface area (Å²) in [6.45, 7) is 2.21. The van der Waals surface area contributed by atoms with Crippen molar-refractivity contribution in [1.82, 2.24) is 0 Å². The van der Waals surface area contributed by atoms with Crippen LogP contribution < -0.4 is 4.74 Å². The largest absolute Gasteiger partial charge is 0.429 e. The molecule has 2 aromatic carbocycles. The molecule has 0 aliphatic heterocycles. The Bertz CT molecular complexity index is 741. The minimum Gasteiger partial charge on any atom is -0.429 e. The fourth-order valence-corrected chi connectivity index (χ4v) is 3.34. The topological polar surface area (TPSA) is 9.23 Å². The van der Waals surface area contributed by atoms with Gasteiger partial charge in [0.25, 0.3) is 0 Å².